The average Bonchev–Trinajstić information content (AvgIpc) is 3.79. The lowest BCUT2D eigenvalue weighted by molar-refractivity contribution is -0.111. The number of benzene rings is 3. The van der Waals surface area contributed by atoms with Gasteiger partial charge in [-0.25, -0.2) is 19.6 Å². The smallest absolute Gasteiger partial charge is 0.406 e. The molecular weight excluding hydrogens is 638 g/mol. The van der Waals surface area contributed by atoms with Crippen LogP contribution in [0.25, 0.3) is 44.5 Å². The molecule has 0 radical (unpaired) electrons. The molecule has 0 saturated heterocycles. The van der Waals surface area contributed by atoms with Crippen LogP contribution in [0.5, 0.6) is 0 Å². The van der Waals surface area contributed by atoms with Gasteiger partial charge in [0.2, 0.25) is 0 Å². The number of ether oxygens (including phenoxy) is 2. The molecule has 0 saturated carbocycles. The number of fused-ring (bicyclic) bond motifs is 4. The summed E-state index contributed by atoms with van der Waals surface area (Å²) in [4.78, 5) is 62.6. The third-order valence-electron chi connectivity index (χ3n) is 7.71. The third-order valence-corrected chi connectivity index (χ3v) is 9.74. The molecule has 6 rings (SSSR count). The van der Waals surface area contributed by atoms with E-state index in [1.165, 1.54) is 36.5 Å². The summed E-state index contributed by atoms with van der Waals surface area (Å²) >= 11 is 0. The lowest BCUT2D eigenvalue weighted by Crippen LogP contribution is -2.25. The highest BCUT2D eigenvalue weighted by molar-refractivity contribution is 7.65. The Labute approximate surface area is 273 Å². The highest BCUT2D eigenvalue weighted by Crippen LogP contribution is 2.40. The number of methoxy groups -OCH3 is 2. The second kappa shape index (κ2) is 14.2. The lowest BCUT2D eigenvalue weighted by atomic mass is 9.98. The van der Waals surface area contributed by atoms with Gasteiger partial charge in [0.05, 0.1) is 37.1 Å². The largest absolute Gasteiger partial charge is 0.453 e. The predicted molar refractivity (Wildman–Crippen MR) is 183 cm³/mol. The van der Waals surface area contributed by atoms with E-state index in [2.05, 4.69) is 82.5 Å². The number of alkyl carbamates (subject to hydrolysis) is 2. The number of nitrogens with one attached hydrogen (secondary N) is 4. The minimum Gasteiger partial charge on any atom is -0.453 e. The Bertz CT molecular complexity index is 2000. The third kappa shape index (κ3) is 7.56. The number of carbonyl (C=O) groups is 4. The van der Waals surface area contributed by atoms with Crippen molar-refractivity contribution in [1.82, 2.24) is 30.6 Å². The molecule has 2 atom stereocenters. The van der Waals surface area contributed by atoms with Crippen LogP contribution in [0.2, 0.25) is 0 Å². The molecule has 3 aromatic carbocycles. The normalized spacial score (nSPS) is 12.0. The van der Waals surface area contributed by atoms with Gasteiger partial charge in [0.15, 0.2) is 11.0 Å². The van der Waals surface area contributed by atoms with E-state index in [0.29, 0.717) is 11.1 Å². The molecule has 2 amide bonds. The van der Waals surface area contributed by atoms with E-state index in [1.54, 1.807) is 6.20 Å². The minimum atomic E-state index is -0.558. The van der Waals surface area contributed by atoms with Crippen LogP contribution in [0.15, 0.2) is 60.8 Å². The number of carbonyl (C=O) groups excluding carboxylic acids is 4. The van der Waals surface area contributed by atoms with Crippen LogP contribution in [0.1, 0.15) is 24.0 Å². The van der Waals surface area contributed by atoms with Gasteiger partial charge in [0, 0.05) is 43.1 Å². The van der Waals surface area contributed by atoms with E-state index < -0.39 is 12.2 Å². The number of H-pyrrole nitrogens is 2. The van der Waals surface area contributed by atoms with Crippen LogP contribution in [0.4, 0.5) is 9.59 Å². The summed E-state index contributed by atoms with van der Waals surface area (Å²) < 4.78 is 9.05. The number of aromatic nitrogens is 4. The highest BCUT2D eigenvalue weighted by atomic mass is 31.1. The molecule has 0 fully saturated rings. The summed E-state index contributed by atoms with van der Waals surface area (Å²) in [5.41, 5.74) is 11.7. The van der Waals surface area contributed by atoms with Crippen molar-refractivity contribution in [2.24, 2.45) is 0 Å². The summed E-state index contributed by atoms with van der Waals surface area (Å²) in [6, 6.07) is 18.9. The van der Waals surface area contributed by atoms with E-state index in [-0.39, 0.29) is 54.1 Å². The second-order valence-electron chi connectivity index (χ2n) is 10.8. The number of hydrogen-bond donors (Lipinski definition) is 4. The molecule has 0 aliphatic heterocycles. The number of amides is 2. The van der Waals surface area contributed by atoms with Gasteiger partial charge in [-0.1, -0.05) is 36.4 Å². The first kappa shape index (κ1) is 32.0. The Morgan fingerprint density at radius 1 is 0.745 bits per heavy atom. The van der Waals surface area contributed by atoms with Crippen molar-refractivity contribution in [3.63, 3.8) is 0 Å². The van der Waals surface area contributed by atoms with E-state index in [9.17, 15) is 19.2 Å². The van der Waals surface area contributed by atoms with Gasteiger partial charge < -0.3 is 30.1 Å². The number of imidazole rings is 2. The number of aromatic amines is 2. The first-order valence-electron chi connectivity index (χ1n) is 14.8. The number of rotatable bonds is 12. The standard InChI is InChI=1S/C33H32N6O6P2/c1-44-32(42)34-11-9-28(40)46-30-36-17-27(39-30)20-4-7-24-22(14-20)15-21-13-18(3-6-23(21)24)19-5-8-25-26(16-19)38-31(37-25)47-29(41)10-12-35-33(43)45-2/h3-8,13-14,16-17,46-47H,9-12,15H2,1-2H3,(H,34,42)(H,35,43)(H,36,39)(H,37,38). The van der Waals surface area contributed by atoms with E-state index in [4.69, 9.17) is 0 Å². The zero-order valence-electron chi connectivity index (χ0n) is 25.7. The molecule has 14 heteroatoms. The first-order valence-corrected chi connectivity index (χ1v) is 16.8. The summed E-state index contributed by atoms with van der Waals surface area (Å²) in [5, 5.41) is 5.03. The van der Waals surface area contributed by atoms with Gasteiger partial charge in [0.25, 0.3) is 0 Å². The van der Waals surface area contributed by atoms with Gasteiger partial charge in [-0.15, -0.1) is 0 Å². The van der Waals surface area contributed by atoms with Gasteiger partial charge in [-0.3, -0.25) is 9.59 Å². The molecule has 0 spiro atoms. The summed E-state index contributed by atoms with van der Waals surface area (Å²) in [6.45, 7) is 0.444. The maximum Gasteiger partial charge on any atom is 0.406 e. The fraction of sp³-hybridized carbons (Fsp3) is 0.212. The Balaban J connectivity index is 1.10. The summed E-state index contributed by atoms with van der Waals surface area (Å²) in [7, 11) is 2.30. The molecule has 2 aromatic heterocycles. The molecule has 2 heterocycles. The summed E-state index contributed by atoms with van der Waals surface area (Å²) in [5.74, 6) is 0. The Morgan fingerprint density at radius 3 is 1.98 bits per heavy atom. The maximum atomic E-state index is 12.4. The van der Waals surface area contributed by atoms with Crippen LogP contribution >= 0.6 is 17.2 Å². The molecule has 47 heavy (non-hydrogen) atoms. The van der Waals surface area contributed by atoms with E-state index in [1.807, 2.05) is 12.1 Å². The van der Waals surface area contributed by atoms with Crippen molar-refractivity contribution in [2.75, 3.05) is 27.3 Å². The topological polar surface area (TPSA) is 168 Å². The molecule has 1 aliphatic rings. The fourth-order valence-corrected chi connectivity index (χ4v) is 7.16. The monoisotopic (exact) mass is 670 g/mol. The zero-order valence-corrected chi connectivity index (χ0v) is 27.7. The Morgan fingerprint density at radius 2 is 1.32 bits per heavy atom. The zero-order chi connectivity index (χ0) is 32.9. The Kier molecular flexibility index (Phi) is 9.71. The van der Waals surface area contributed by atoms with Crippen LogP contribution in [-0.2, 0) is 25.5 Å². The number of hydrogen-bond acceptors (Lipinski definition) is 8. The van der Waals surface area contributed by atoms with Crippen LogP contribution in [-0.4, -0.2) is 70.5 Å². The predicted octanol–water partition coefficient (Wildman–Crippen LogP) is 4.34. The number of nitrogens with zero attached hydrogens (tertiary/aromatic N) is 2. The van der Waals surface area contributed by atoms with Gasteiger partial charge in [-0.2, -0.15) is 0 Å². The van der Waals surface area contributed by atoms with Crippen molar-refractivity contribution in [1.29, 1.82) is 0 Å². The van der Waals surface area contributed by atoms with Crippen molar-refractivity contribution in [3.8, 4) is 33.5 Å². The average molecular weight is 671 g/mol. The fourth-order valence-electron chi connectivity index (χ4n) is 5.43. The molecule has 1 aliphatic carbocycles. The Hall–Kier alpha value is -4.92. The molecule has 12 nitrogen and oxygen atoms in total. The van der Waals surface area contributed by atoms with Crippen molar-refractivity contribution in [3.05, 3.63) is 71.9 Å². The SMILES string of the molecule is COC(=O)NCCC(=O)Pc1ncc(-c2ccc3c(c2)Cc2cc(-c4ccc5nc(PC(=O)CCNC(=O)OC)[nH]c5c4)ccc2-3)[nH]1. The molecule has 4 N–H and O–H groups in total. The van der Waals surface area contributed by atoms with Crippen LogP contribution < -0.4 is 21.8 Å². The first-order chi connectivity index (χ1) is 22.8. The highest BCUT2D eigenvalue weighted by Gasteiger charge is 2.21. The second-order valence-corrected chi connectivity index (χ2v) is 13.4. The van der Waals surface area contributed by atoms with Crippen LogP contribution in [0, 0.1) is 0 Å². The van der Waals surface area contributed by atoms with Crippen molar-refractivity contribution < 1.29 is 28.7 Å². The van der Waals surface area contributed by atoms with Crippen molar-refractivity contribution >= 4 is 62.6 Å². The van der Waals surface area contributed by atoms with Crippen LogP contribution in [0.3, 0.4) is 0 Å². The maximum absolute atomic E-state index is 12.4. The molecule has 240 valence electrons. The van der Waals surface area contributed by atoms with Gasteiger partial charge >= 0.3 is 12.2 Å². The quantitative estimate of drug-likeness (QED) is 0.140. The molecule has 5 aromatic rings. The molecule has 2 unspecified atom stereocenters. The van der Waals surface area contributed by atoms with Gasteiger partial charge in [-0.05, 0) is 63.6 Å². The van der Waals surface area contributed by atoms with E-state index >= 15 is 0 Å². The molecular formula is C33H32N6O6P2. The minimum absolute atomic E-state index is 0.00712. The van der Waals surface area contributed by atoms with E-state index in [0.717, 1.165) is 39.8 Å². The van der Waals surface area contributed by atoms with Gasteiger partial charge in [0.1, 0.15) is 11.1 Å². The molecule has 0 bridgehead atoms. The summed E-state index contributed by atoms with van der Waals surface area (Å²) in [6.07, 6.45) is 1.85. The lowest BCUT2D eigenvalue weighted by Gasteiger charge is -2.06. The van der Waals surface area contributed by atoms with Crippen molar-refractivity contribution in [2.45, 2.75) is 19.3 Å².